The number of rotatable bonds is 1. The van der Waals surface area contributed by atoms with E-state index in [2.05, 4.69) is 29.4 Å². The van der Waals surface area contributed by atoms with Gasteiger partial charge in [-0.05, 0) is 0 Å². The fourth-order valence-corrected chi connectivity index (χ4v) is 5.98. The molecule has 0 saturated heterocycles. The molecule has 0 fully saturated rings. The van der Waals surface area contributed by atoms with Gasteiger partial charge in [0.1, 0.15) is 0 Å². The zero-order chi connectivity index (χ0) is 7.78. The van der Waals surface area contributed by atoms with E-state index in [0.717, 1.165) is 11.5 Å². The third-order valence-corrected chi connectivity index (χ3v) is 6.75. The quantitative estimate of drug-likeness (QED) is 0.591. The van der Waals surface area contributed by atoms with Crippen LogP contribution in [0.5, 0.6) is 0 Å². The summed E-state index contributed by atoms with van der Waals surface area (Å²) < 4.78 is 1.47. The van der Waals surface area contributed by atoms with E-state index in [1.165, 1.54) is 4.41 Å². The Labute approximate surface area is 70.3 Å². The van der Waals surface area contributed by atoms with Gasteiger partial charge in [0.25, 0.3) is 0 Å². The summed E-state index contributed by atoms with van der Waals surface area (Å²) in [5.41, 5.74) is 0. The second-order valence-electron chi connectivity index (χ2n) is 3.68. The molecule has 56 valence electrons. The normalized spacial score (nSPS) is 18.8. The van der Waals surface area contributed by atoms with Gasteiger partial charge < -0.3 is 0 Å². The van der Waals surface area contributed by atoms with Crippen LogP contribution in [0.3, 0.4) is 0 Å². The molecule has 0 unspecified atom stereocenters. The molecular weight excluding hydrogens is 204 g/mol. The van der Waals surface area contributed by atoms with Crippen molar-refractivity contribution in [2.45, 2.75) is 23.7 Å². The van der Waals surface area contributed by atoms with Gasteiger partial charge in [0, 0.05) is 0 Å². The summed E-state index contributed by atoms with van der Waals surface area (Å²) in [5.74, 6) is 7.11. The Balaban J connectivity index is 2.91. The zero-order valence-corrected chi connectivity index (χ0v) is 9.59. The molecule has 1 aliphatic carbocycles. The van der Waals surface area contributed by atoms with E-state index < -0.39 is 13.3 Å². The Morgan fingerprint density at radius 3 is 2.20 bits per heavy atom. The molecule has 0 heterocycles. The van der Waals surface area contributed by atoms with Gasteiger partial charge in [-0.15, -0.1) is 0 Å². The first-order chi connectivity index (χ1) is 4.52. The molecule has 0 bridgehead atoms. The van der Waals surface area contributed by atoms with Crippen molar-refractivity contribution in [1.29, 1.82) is 0 Å². The van der Waals surface area contributed by atoms with Crippen LogP contribution >= 0.6 is 11.6 Å². The molecule has 10 heavy (non-hydrogen) atoms. The van der Waals surface area contributed by atoms with Crippen LogP contribution < -0.4 is 0 Å². The average Bonchev–Trinajstić information content (AvgIpc) is 2.11. The predicted octanol–water partition coefficient (Wildman–Crippen LogP) is 3.32. The molecule has 0 aliphatic heterocycles. The van der Waals surface area contributed by atoms with E-state index >= 15 is 0 Å². The van der Waals surface area contributed by atoms with Crippen molar-refractivity contribution in [2.75, 3.05) is 0 Å². The molecule has 0 aromatic rings. The van der Waals surface area contributed by atoms with Gasteiger partial charge in [0.2, 0.25) is 0 Å². The molecule has 2 heteroatoms. The average molecular weight is 217 g/mol. The Hall–Kier alpha value is 0.313. The van der Waals surface area contributed by atoms with Crippen molar-refractivity contribution in [1.82, 2.24) is 0 Å². The first-order valence-electron chi connectivity index (χ1n) is 3.57. The summed E-state index contributed by atoms with van der Waals surface area (Å²) in [6, 6.07) is 0. The van der Waals surface area contributed by atoms with Crippen molar-refractivity contribution in [2.24, 2.45) is 0 Å². The molecule has 0 aromatic carbocycles. The van der Waals surface area contributed by atoms with E-state index in [9.17, 15) is 0 Å². The maximum atomic E-state index is 6.03. The Morgan fingerprint density at radius 1 is 1.40 bits per heavy atom. The minimum absolute atomic E-state index is 0.972. The van der Waals surface area contributed by atoms with Crippen molar-refractivity contribution in [3.8, 4) is 0 Å². The molecule has 1 rings (SSSR count). The SMILES string of the molecule is [CH3][Ge]([CH3])([CH3])[C]1=C(Cl)CC=C1. The standard InChI is InChI=1S/C8H13ClGe/c1-10(2,3)8-6-4-5-7(8)9/h4,6H,5H2,1-3H3. The molecule has 0 N–H and O–H groups in total. The predicted molar refractivity (Wildman–Crippen MR) is 50.0 cm³/mol. The third-order valence-electron chi connectivity index (χ3n) is 1.68. The number of allylic oxidation sites excluding steroid dienone is 4. The Morgan fingerprint density at radius 2 is 2.00 bits per heavy atom. The fourth-order valence-electron chi connectivity index (χ4n) is 1.14. The van der Waals surface area contributed by atoms with Crippen LogP contribution in [-0.4, -0.2) is 13.3 Å². The van der Waals surface area contributed by atoms with Gasteiger partial charge in [-0.1, -0.05) is 0 Å². The molecule has 0 amide bonds. The third kappa shape index (κ3) is 1.67. The molecular formula is C8H13ClGe. The number of hydrogen-bond acceptors (Lipinski definition) is 0. The number of halogens is 1. The van der Waals surface area contributed by atoms with Gasteiger partial charge in [-0.3, -0.25) is 0 Å². The van der Waals surface area contributed by atoms with Crippen molar-refractivity contribution >= 4 is 24.9 Å². The van der Waals surface area contributed by atoms with Gasteiger partial charge >= 0.3 is 70.1 Å². The van der Waals surface area contributed by atoms with Crippen LogP contribution in [0, 0.1) is 0 Å². The first-order valence-corrected chi connectivity index (χ1v) is 11.3. The summed E-state index contributed by atoms with van der Waals surface area (Å²) in [5, 5.41) is 1.09. The van der Waals surface area contributed by atoms with E-state index in [4.69, 9.17) is 11.6 Å². The van der Waals surface area contributed by atoms with Gasteiger partial charge in [-0.25, -0.2) is 0 Å². The molecule has 0 spiro atoms. The monoisotopic (exact) mass is 218 g/mol. The summed E-state index contributed by atoms with van der Waals surface area (Å²) >= 11 is 4.43. The van der Waals surface area contributed by atoms with Crippen LogP contribution in [0.2, 0.25) is 17.3 Å². The van der Waals surface area contributed by atoms with E-state index in [1.807, 2.05) is 0 Å². The van der Waals surface area contributed by atoms with E-state index in [1.54, 1.807) is 0 Å². The van der Waals surface area contributed by atoms with Crippen molar-refractivity contribution < 1.29 is 0 Å². The molecule has 0 radical (unpaired) electrons. The zero-order valence-electron chi connectivity index (χ0n) is 6.74. The van der Waals surface area contributed by atoms with Gasteiger partial charge in [0.05, 0.1) is 0 Å². The minimum atomic E-state index is -1.59. The van der Waals surface area contributed by atoms with E-state index in [0.29, 0.717) is 0 Å². The molecule has 0 aromatic heterocycles. The maximum absolute atomic E-state index is 6.03. The Bertz CT molecular complexity index is 196. The molecule has 1 aliphatic rings. The fraction of sp³-hybridized carbons (Fsp3) is 0.500. The summed E-state index contributed by atoms with van der Waals surface area (Å²) in [4.78, 5) is 0. The van der Waals surface area contributed by atoms with Gasteiger partial charge in [0.15, 0.2) is 0 Å². The summed E-state index contributed by atoms with van der Waals surface area (Å²) in [7, 11) is 0. The van der Waals surface area contributed by atoms with Crippen LogP contribution in [-0.2, 0) is 0 Å². The van der Waals surface area contributed by atoms with Crippen molar-refractivity contribution in [3.63, 3.8) is 0 Å². The first kappa shape index (κ1) is 8.41. The summed E-state index contributed by atoms with van der Waals surface area (Å²) in [6.07, 6.45) is 5.34. The van der Waals surface area contributed by atoms with Gasteiger partial charge in [-0.2, -0.15) is 0 Å². The molecule has 0 saturated carbocycles. The second kappa shape index (κ2) is 2.74. The van der Waals surface area contributed by atoms with Crippen LogP contribution in [0.15, 0.2) is 21.6 Å². The topological polar surface area (TPSA) is 0 Å². The number of hydrogen-bond donors (Lipinski definition) is 0. The summed E-state index contributed by atoms with van der Waals surface area (Å²) in [6.45, 7) is 0. The Kier molecular flexibility index (Phi) is 2.31. The van der Waals surface area contributed by atoms with E-state index in [-0.39, 0.29) is 0 Å². The second-order valence-corrected chi connectivity index (χ2v) is 14.7. The van der Waals surface area contributed by atoms with Crippen molar-refractivity contribution in [3.05, 3.63) is 21.6 Å². The molecule has 0 atom stereocenters. The van der Waals surface area contributed by atoms with Crippen LogP contribution in [0.4, 0.5) is 0 Å². The van der Waals surface area contributed by atoms with Crippen LogP contribution in [0.1, 0.15) is 6.42 Å². The molecule has 0 nitrogen and oxygen atoms in total. The van der Waals surface area contributed by atoms with Crippen LogP contribution in [0.25, 0.3) is 0 Å².